The molecule has 0 spiro atoms. The number of alkyl halides is 3. The second-order valence-corrected chi connectivity index (χ2v) is 6.23. The van der Waals surface area contributed by atoms with Gasteiger partial charge in [-0.2, -0.15) is 13.2 Å². The first-order valence-electron chi connectivity index (χ1n) is 5.91. The summed E-state index contributed by atoms with van der Waals surface area (Å²) in [6.07, 6.45) is -3.24. The second kappa shape index (κ2) is 5.73. The van der Waals surface area contributed by atoms with Gasteiger partial charge < -0.3 is 5.73 Å². The van der Waals surface area contributed by atoms with E-state index < -0.39 is 11.7 Å². The molecule has 2 aromatic rings. The number of hydrogen-bond acceptors (Lipinski definition) is 3. The first-order chi connectivity index (χ1) is 9.31. The highest BCUT2D eigenvalue weighted by Gasteiger charge is 2.30. The molecule has 0 saturated heterocycles. The predicted molar refractivity (Wildman–Crippen MR) is 77.9 cm³/mol. The standard InChI is InChI=1S/C13H12BrF3N2S/c1-2-10-11(20-12(18)19-10)6-7-5-8(13(15,16)17)3-4-9(7)14/h3-5H,2,6H2,1H3,(H2,18,19). The van der Waals surface area contributed by atoms with Crippen LogP contribution in [-0.4, -0.2) is 4.98 Å². The number of thiazole rings is 1. The monoisotopic (exact) mass is 364 g/mol. The molecule has 0 bridgehead atoms. The minimum Gasteiger partial charge on any atom is -0.375 e. The molecule has 0 amide bonds. The van der Waals surface area contributed by atoms with Crippen LogP contribution in [0.2, 0.25) is 0 Å². The number of anilines is 1. The summed E-state index contributed by atoms with van der Waals surface area (Å²) in [7, 11) is 0. The van der Waals surface area contributed by atoms with Crippen molar-refractivity contribution in [2.45, 2.75) is 25.9 Å². The van der Waals surface area contributed by atoms with E-state index in [1.54, 1.807) is 0 Å². The Labute approximate surface area is 127 Å². The van der Waals surface area contributed by atoms with Crippen LogP contribution in [0.5, 0.6) is 0 Å². The molecule has 108 valence electrons. The highest BCUT2D eigenvalue weighted by Crippen LogP contribution is 2.34. The molecular weight excluding hydrogens is 353 g/mol. The number of rotatable bonds is 3. The molecule has 1 aromatic carbocycles. The van der Waals surface area contributed by atoms with Crippen molar-refractivity contribution in [3.63, 3.8) is 0 Å². The van der Waals surface area contributed by atoms with Crippen LogP contribution in [0.25, 0.3) is 0 Å². The topological polar surface area (TPSA) is 38.9 Å². The summed E-state index contributed by atoms with van der Waals surface area (Å²) in [4.78, 5) is 5.09. The van der Waals surface area contributed by atoms with Gasteiger partial charge in [-0.25, -0.2) is 4.98 Å². The lowest BCUT2D eigenvalue weighted by atomic mass is 10.1. The lowest BCUT2D eigenvalue weighted by molar-refractivity contribution is -0.137. The maximum absolute atomic E-state index is 12.7. The Hall–Kier alpha value is -1.08. The molecule has 20 heavy (non-hydrogen) atoms. The SMILES string of the molecule is CCc1nc(N)sc1Cc1cc(C(F)(F)F)ccc1Br. The molecule has 2 N–H and O–H groups in total. The lowest BCUT2D eigenvalue weighted by Gasteiger charge is -2.10. The fraction of sp³-hybridized carbons (Fsp3) is 0.308. The number of benzene rings is 1. The zero-order valence-corrected chi connectivity index (χ0v) is 13.0. The Morgan fingerprint density at radius 3 is 2.65 bits per heavy atom. The Kier molecular flexibility index (Phi) is 4.39. The van der Waals surface area contributed by atoms with Crippen molar-refractivity contribution in [3.8, 4) is 0 Å². The minimum atomic E-state index is -4.34. The number of aromatic nitrogens is 1. The van der Waals surface area contributed by atoms with Crippen molar-refractivity contribution in [1.82, 2.24) is 4.98 Å². The maximum Gasteiger partial charge on any atom is 0.416 e. The van der Waals surface area contributed by atoms with Crippen LogP contribution in [-0.2, 0) is 19.0 Å². The molecule has 0 aliphatic rings. The van der Waals surface area contributed by atoms with Gasteiger partial charge in [0.15, 0.2) is 5.13 Å². The van der Waals surface area contributed by atoms with E-state index in [9.17, 15) is 13.2 Å². The normalized spacial score (nSPS) is 11.8. The molecule has 0 aliphatic heterocycles. The van der Waals surface area contributed by atoms with E-state index in [1.165, 1.54) is 23.5 Å². The van der Waals surface area contributed by atoms with Crippen molar-refractivity contribution in [1.29, 1.82) is 0 Å². The van der Waals surface area contributed by atoms with Crippen molar-refractivity contribution in [2.75, 3.05) is 5.73 Å². The summed E-state index contributed by atoms with van der Waals surface area (Å²) >= 11 is 4.61. The van der Waals surface area contributed by atoms with Gasteiger partial charge >= 0.3 is 6.18 Å². The number of aryl methyl sites for hydroxylation is 1. The van der Waals surface area contributed by atoms with Gasteiger partial charge in [0.25, 0.3) is 0 Å². The molecule has 0 aliphatic carbocycles. The van der Waals surface area contributed by atoms with E-state index >= 15 is 0 Å². The van der Waals surface area contributed by atoms with Crippen LogP contribution in [0.3, 0.4) is 0 Å². The molecule has 0 radical (unpaired) electrons. The summed E-state index contributed by atoms with van der Waals surface area (Å²) in [5.74, 6) is 0. The fourth-order valence-corrected chi connectivity index (χ4v) is 3.21. The van der Waals surface area contributed by atoms with Crippen LogP contribution in [0, 0.1) is 0 Å². The van der Waals surface area contributed by atoms with Crippen LogP contribution in [0.1, 0.15) is 28.6 Å². The van der Waals surface area contributed by atoms with E-state index in [-0.39, 0.29) is 0 Å². The number of hydrogen-bond donors (Lipinski definition) is 1. The molecule has 0 unspecified atom stereocenters. The maximum atomic E-state index is 12.7. The predicted octanol–water partition coefficient (Wildman–Crippen LogP) is 4.66. The van der Waals surface area contributed by atoms with Crippen LogP contribution in [0.15, 0.2) is 22.7 Å². The quantitative estimate of drug-likeness (QED) is 0.859. The van der Waals surface area contributed by atoms with Gasteiger partial charge in [0, 0.05) is 15.8 Å². The summed E-state index contributed by atoms with van der Waals surface area (Å²) in [6.45, 7) is 1.94. The third kappa shape index (κ3) is 3.32. The molecule has 1 aromatic heterocycles. The van der Waals surface area contributed by atoms with Crippen LogP contribution >= 0.6 is 27.3 Å². The van der Waals surface area contributed by atoms with Gasteiger partial charge in [0.1, 0.15) is 0 Å². The van der Waals surface area contributed by atoms with Crippen molar-refractivity contribution < 1.29 is 13.2 Å². The molecule has 0 fully saturated rings. The zero-order valence-electron chi connectivity index (χ0n) is 10.6. The average molecular weight is 365 g/mol. The summed E-state index contributed by atoms with van der Waals surface area (Å²) in [5.41, 5.74) is 6.44. The number of nitrogen functional groups attached to an aromatic ring is 1. The number of nitrogens with two attached hydrogens (primary N) is 1. The Morgan fingerprint density at radius 1 is 1.35 bits per heavy atom. The van der Waals surface area contributed by atoms with E-state index in [2.05, 4.69) is 20.9 Å². The fourth-order valence-electron chi connectivity index (χ4n) is 1.88. The van der Waals surface area contributed by atoms with Gasteiger partial charge in [-0.15, -0.1) is 11.3 Å². The van der Waals surface area contributed by atoms with E-state index in [4.69, 9.17) is 5.73 Å². The van der Waals surface area contributed by atoms with E-state index in [1.807, 2.05) is 6.92 Å². The zero-order chi connectivity index (χ0) is 14.9. The average Bonchev–Trinajstić information content (AvgIpc) is 2.71. The smallest absolute Gasteiger partial charge is 0.375 e. The van der Waals surface area contributed by atoms with Gasteiger partial charge in [-0.05, 0) is 30.2 Å². The third-order valence-electron chi connectivity index (χ3n) is 2.85. The van der Waals surface area contributed by atoms with E-state index in [0.29, 0.717) is 28.0 Å². The molecule has 2 nitrogen and oxygen atoms in total. The van der Waals surface area contributed by atoms with Gasteiger partial charge in [-0.1, -0.05) is 22.9 Å². The molecule has 2 rings (SSSR count). The largest absolute Gasteiger partial charge is 0.416 e. The van der Waals surface area contributed by atoms with Crippen LogP contribution < -0.4 is 5.73 Å². The molecule has 7 heteroatoms. The molecule has 0 saturated carbocycles. The van der Waals surface area contributed by atoms with Gasteiger partial charge in [0.05, 0.1) is 11.3 Å². The van der Waals surface area contributed by atoms with Gasteiger partial charge in [-0.3, -0.25) is 0 Å². The van der Waals surface area contributed by atoms with Crippen molar-refractivity contribution in [2.24, 2.45) is 0 Å². The summed E-state index contributed by atoms with van der Waals surface area (Å²) in [5, 5.41) is 0.444. The molecule has 1 heterocycles. The Balaban J connectivity index is 2.37. The second-order valence-electron chi connectivity index (χ2n) is 4.26. The van der Waals surface area contributed by atoms with E-state index in [0.717, 1.165) is 16.6 Å². The van der Waals surface area contributed by atoms with Gasteiger partial charge in [0.2, 0.25) is 0 Å². The van der Waals surface area contributed by atoms with Crippen molar-refractivity contribution in [3.05, 3.63) is 44.4 Å². The molecular formula is C13H12BrF3N2S. The summed E-state index contributed by atoms with van der Waals surface area (Å²) < 4.78 is 38.9. The van der Waals surface area contributed by atoms with Crippen LogP contribution in [0.4, 0.5) is 18.3 Å². The minimum absolute atomic E-state index is 0.391. The summed E-state index contributed by atoms with van der Waals surface area (Å²) in [6, 6.07) is 3.66. The highest BCUT2D eigenvalue weighted by molar-refractivity contribution is 9.10. The third-order valence-corrected chi connectivity index (χ3v) is 4.55. The number of nitrogens with zero attached hydrogens (tertiary/aromatic N) is 1. The number of halogens is 4. The van der Waals surface area contributed by atoms with Crippen molar-refractivity contribution >= 4 is 32.4 Å². The lowest BCUT2D eigenvalue weighted by Crippen LogP contribution is -2.06. The molecule has 0 atom stereocenters. The first-order valence-corrected chi connectivity index (χ1v) is 7.52. The Bertz CT molecular complexity index is 623. The Morgan fingerprint density at radius 2 is 2.05 bits per heavy atom. The highest BCUT2D eigenvalue weighted by atomic mass is 79.9. The first kappa shape index (κ1) is 15.3.